The molecule has 3 N–H and O–H groups in total. The van der Waals surface area contributed by atoms with E-state index >= 15 is 0 Å². The number of hydrogen-bond donors (Lipinski definition) is 2. The van der Waals surface area contributed by atoms with Crippen molar-refractivity contribution in [2.24, 2.45) is 5.73 Å². The Hall–Kier alpha value is -1.39. The summed E-state index contributed by atoms with van der Waals surface area (Å²) < 4.78 is 4.65. The van der Waals surface area contributed by atoms with Crippen LogP contribution < -0.4 is 5.73 Å². The van der Waals surface area contributed by atoms with Gasteiger partial charge < -0.3 is 15.6 Å². The summed E-state index contributed by atoms with van der Waals surface area (Å²) in [6, 6.07) is 6.42. The van der Waals surface area contributed by atoms with Gasteiger partial charge in [-0.15, -0.1) is 0 Å². The Labute approximate surface area is 108 Å². The quantitative estimate of drug-likeness (QED) is 0.759. The monoisotopic (exact) mass is 251 g/mol. The van der Waals surface area contributed by atoms with E-state index in [-0.39, 0.29) is 0 Å². The van der Waals surface area contributed by atoms with E-state index in [0.717, 1.165) is 18.4 Å². The van der Waals surface area contributed by atoms with Gasteiger partial charge in [0.05, 0.1) is 24.8 Å². The lowest BCUT2D eigenvalue weighted by Gasteiger charge is -2.19. The van der Waals surface area contributed by atoms with Crippen molar-refractivity contribution in [1.82, 2.24) is 0 Å². The van der Waals surface area contributed by atoms with Crippen molar-refractivity contribution < 1.29 is 14.6 Å². The number of unbranched alkanes of at least 4 members (excludes halogenated alkanes) is 1. The second kappa shape index (κ2) is 7.13. The van der Waals surface area contributed by atoms with E-state index in [1.54, 1.807) is 18.2 Å². The fourth-order valence-electron chi connectivity index (χ4n) is 1.81. The van der Waals surface area contributed by atoms with Gasteiger partial charge in [-0.05, 0) is 24.1 Å². The highest BCUT2D eigenvalue weighted by atomic mass is 16.5. The number of aliphatic hydroxyl groups is 1. The molecule has 0 spiro atoms. The second-order valence-corrected chi connectivity index (χ2v) is 4.35. The van der Waals surface area contributed by atoms with Crippen LogP contribution in [0.2, 0.25) is 0 Å². The predicted octanol–water partition coefficient (Wildman–Crippen LogP) is 2.02. The van der Waals surface area contributed by atoms with Crippen LogP contribution in [-0.2, 0) is 4.74 Å². The smallest absolute Gasteiger partial charge is 0.337 e. The number of rotatable bonds is 6. The number of esters is 1. The van der Waals surface area contributed by atoms with Crippen LogP contribution in [0.15, 0.2) is 24.3 Å². The van der Waals surface area contributed by atoms with Gasteiger partial charge in [-0.2, -0.15) is 0 Å². The number of carbonyl (C=O) groups is 1. The number of ether oxygens (including phenoxy) is 1. The first-order valence-corrected chi connectivity index (χ1v) is 6.22. The van der Waals surface area contributed by atoms with Gasteiger partial charge in [-0.25, -0.2) is 4.79 Å². The average Bonchev–Trinajstić information content (AvgIpc) is 2.43. The summed E-state index contributed by atoms with van der Waals surface area (Å²) in [5, 5.41) is 9.95. The summed E-state index contributed by atoms with van der Waals surface area (Å²) >= 11 is 0. The van der Waals surface area contributed by atoms with E-state index in [1.165, 1.54) is 7.11 Å². The Kier molecular flexibility index (Phi) is 5.82. The number of aliphatic hydroxyl groups excluding tert-OH is 1. The molecule has 0 aliphatic carbocycles. The normalized spacial score (nSPS) is 14.0. The minimum Gasteiger partial charge on any atom is -0.465 e. The van der Waals surface area contributed by atoms with E-state index < -0.39 is 18.1 Å². The predicted molar refractivity (Wildman–Crippen MR) is 70.2 cm³/mol. The summed E-state index contributed by atoms with van der Waals surface area (Å²) in [6.07, 6.45) is 2.04. The van der Waals surface area contributed by atoms with Crippen LogP contribution in [0.1, 0.15) is 48.1 Å². The summed E-state index contributed by atoms with van der Waals surface area (Å²) in [6.45, 7) is 2.07. The Morgan fingerprint density at radius 3 is 2.83 bits per heavy atom. The summed E-state index contributed by atoms with van der Waals surface area (Å²) in [7, 11) is 1.34. The highest BCUT2D eigenvalue weighted by Gasteiger charge is 2.17. The lowest BCUT2D eigenvalue weighted by Crippen LogP contribution is -2.26. The van der Waals surface area contributed by atoms with E-state index in [1.807, 2.05) is 6.07 Å². The van der Waals surface area contributed by atoms with Crippen LogP contribution in [0.5, 0.6) is 0 Å². The van der Waals surface area contributed by atoms with E-state index in [9.17, 15) is 9.90 Å². The molecule has 18 heavy (non-hydrogen) atoms. The first-order valence-electron chi connectivity index (χ1n) is 6.22. The van der Waals surface area contributed by atoms with Crippen molar-refractivity contribution in [2.75, 3.05) is 7.11 Å². The van der Waals surface area contributed by atoms with Gasteiger partial charge in [0.1, 0.15) is 0 Å². The number of methoxy groups -OCH3 is 1. The molecule has 4 heteroatoms. The summed E-state index contributed by atoms with van der Waals surface area (Å²) in [5.41, 5.74) is 7.19. The van der Waals surface area contributed by atoms with Crippen molar-refractivity contribution in [3.63, 3.8) is 0 Å². The zero-order chi connectivity index (χ0) is 13.5. The topological polar surface area (TPSA) is 72.5 Å². The molecule has 0 saturated carbocycles. The maximum Gasteiger partial charge on any atom is 0.337 e. The molecule has 0 radical (unpaired) electrons. The number of hydrogen-bond acceptors (Lipinski definition) is 4. The SMILES string of the molecule is CCCC[C@@H](O)[C@@H](N)c1cccc(C(=O)OC)c1. The highest BCUT2D eigenvalue weighted by molar-refractivity contribution is 5.89. The largest absolute Gasteiger partial charge is 0.465 e. The molecule has 0 aliphatic heterocycles. The summed E-state index contributed by atoms with van der Waals surface area (Å²) in [5.74, 6) is -0.396. The Bertz CT molecular complexity index is 392. The van der Waals surface area contributed by atoms with E-state index in [0.29, 0.717) is 12.0 Å². The second-order valence-electron chi connectivity index (χ2n) is 4.35. The average molecular weight is 251 g/mol. The molecule has 0 heterocycles. The minimum absolute atomic E-state index is 0.396. The number of nitrogens with two attached hydrogens (primary N) is 1. The van der Waals surface area contributed by atoms with Crippen LogP contribution >= 0.6 is 0 Å². The van der Waals surface area contributed by atoms with Crippen LogP contribution in [-0.4, -0.2) is 24.3 Å². The molecule has 0 fully saturated rings. The van der Waals surface area contributed by atoms with Gasteiger partial charge in [0.2, 0.25) is 0 Å². The lowest BCUT2D eigenvalue weighted by molar-refractivity contribution is 0.0600. The van der Waals surface area contributed by atoms with Gasteiger partial charge in [0.25, 0.3) is 0 Å². The van der Waals surface area contributed by atoms with Crippen molar-refractivity contribution in [3.8, 4) is 0 Å². The van der Waals surface area contributed by atoms with E-state index in [2.05, 4.69) is 11.7 Å². The van der Waals surface area contributed by atoms with Crippen molar-refractivity contribution in [1.29, 1.82) is 0 Å². The van der Waals surface area contributed by atoms with Gasteiger partial charge in [-0.3, -0.25) is 0 Å². The molecular formula is C14H21NO3. The molecule has 2 atom stereocenters. The molecule has 0 amide bonds. The van der Waals surface area contributed by atoms with Crippen LogP contribution in [0, 0.1) is 0 Å². The molecule has 0 unspecified atom stereocenters. The van der Waals surface area contributed by atoms with Crippen LogP contribution in [0.25, 0.3) is 0 Å². The van der Waals surface area contributed by atoms with Gasteiger partial charge >= 0.3 is 5.97 Å². The minimum atomic E-state index is -0.585. The van der Waals surface area contributed by atoms with Crippen molar-refractivity contribution in [3.05, 3.63) is 35.4 Å². The van der Waals surface area contributed by atoms with Crippen molar-refractivity contribution >= 4 is 5.97 Å². The van der Waals surface area contributed by atoms with Crippen LogP contribution in [0.4, 0.5) is 0 Å². The van der Waals surface area contributed by atoms with E-state index in [4.69, 9.17) is 5.73 Å². The molecule has 4 nitrogen and oxygen atoms in total. The summed E-state index contributed by atoms with van der Waals surface area (Å²) in [4.78, 5) is 11.4. The number of carbonyl (C=O) groups excluding carboxylic acids is 1. The van der Waals surface area contributed by atoms with Gasteiger partial charge in [0, 0.05) is 0 Å². The maximum atomic E-state index is 11.4. The molecular weight excluding hydrogens is 230 g/mol. The molecule has 0 saturated heterocycles. The fraction of sp³-hybridized carbons (Fsp3) is 0.500. The van der Waals surface area contributed by atoms with Crippen molar-refractivity contribution in [2.45, 2.75) is 38.3 Å². The molecule has 100 valence electrons. The Morgan fingerprint density at radius 1 is 1.50 bits per heavy atom. The third kappa shape index (κ3) is 3.82. The number of benzene rings is 1. The first kappa shape index (κ1) is 14.7. The Morgan fingerprint density at radius 2 is 2.22 bits per heavy atom. The van der Waals surface area contributed by atoms with Crippen LogP contribution in [0.3, 0.4) is 0 Å². The van der Waals surface area contributed by atoms with Gasteiger partial charge in [0.15, 0.2) is 0 Å². The third-order valence-electron chi connectivity index (χ3n) is 2.96. The maximum absolute atomic E-state index is 11.4. The zero-order valence-electron chi connectivity index (χ0n) is 10.9. The first-order chi connectivity index (χ1) is 8.60. The molecule has 1 aromatic carbocycles. The standard InChI is InChI=1S/C14H21NO3/c1-3-4-8-12(16)13(15)10-6-5-7-11(9-10)14(17)18-2/h5-7,9,12-13,16H,3-4,8,15H2,1-2H3/t12-,13+/m1/s1. The molecule has 0 aromatic heterocycles. The molecule has 0 bridgehead atoms. The van der Waals surface area contributed by atoms with Gasteiger partial charge in [-0.1, -0.05) is 31.9 Å². The Balaban J connectivity index is 2.79. The zero-order valence-corrected chi connectivity index (χ0v) is 10.9. The molecule has 1 aromatic rings. The fourth-order valence-corrected chi connectivity index (χ4v) is 1.81. The highest BCUT2D eigenvalue weighted by Crippen LogP contribution is 2.19. The molecule has 1 rings (SSSR count). The lowest BCUT2D eigenvalue weighted by atomic mass is 9.97. The third-order valence-corrected chi connectivity index (χ3v) is 2.96. The molecule has 0 aliphatic rings.